The number of ether oxygens (including phenoxy) is 1. The molecule has 72 valence electrons. The van der Waals surface area contributed by atoms with Gasteiger partial charge < -0.3 is 10.1 Å². The number of rotatable bonds is 4. The summed E-state index contributed by atoms with van der Waals surface area (Å²) >= 11 is 0. The molecule has 0 bridgehead atoms. The van der Waals surface area contributed by atoms with Crippen LogP contribution in [0.3, 0.4) is 0 Å². The van der Waals surface area contributed by atoms with Crippen molar-refractivity contribution in [3.8, 4) is 0 Å². The van der Waals surface area contributed by atoms with E-state index in [-0.39, 0.29) is 6.10 Å². The van der Waals surface area contributed by atoms with E-state index in [0.717, 1.165) is 5.69 Å². The molecule has 1 aromatic heterocycles. The fourth-order valence-corrected chi connectivity index (χ4v) is 0.857. The molecular weight excluding hydrogens is 171 g/mol. The van der Waals surface area contributed by atoms with Gasteiger partial charge in [0.2, 0.25) is 5.95 Å². The number of nitrogens with zero attached hydrogens (tertiary/aromatic N) is 1. The summed E-state index contributed by atoms with van der Waals surface area (Å²) in [6, 6.07) is 3.06. The molecule has 1 unspecified atom stereocenters. The molecule has 0 saturated carbocycles. The molecule has 0 aliphatic carbocycles. The summed E-state index contributed by atoms with van der Waals surface area (Å²) in [7, 11) is 1.64. The van der Waals surface area contributed by atoms with Crippen molar-refractivity contribution in [1.82, 2.24) is 4.98 Å². The molecule has 1 N–H and O–H groups in total. The van der Waals surface area contributed by atoms with Crippen LogP contribution >= 0.6 is 0 Å². The van der Waals surface area contributed by atoms with Crippen LogP contribution in [0, 0.1) is 5.95 Å². The molecule has 0 amide bonds. The fourth-order valence-electron chi connectivity index (χ4n) is 0.857. The van der Waals surface area contributed by atoms with E-state index in [2.05, 4.69) is 10.3 Å². The van der Waals surface area contributed by atoms with Crippen LogP contribution in [0.5, 0.6) is 0 Å². The predicted molar refractivity (Wildman–Crippen MR) is 49.2 cm³/mol. The smallest absolute Gasteiger partial charge is 0.214 e. The van der Waals surface area contributed by atoms with Gasteiger partial charge in [-0.25, -0.2) is 4.98 Å². The summed E-state index contributed by atoms with van der Waals surface area (Å²) in [5.41, 5.74) is 0.719. The molecule has 3 nitrogen and oxygen atoms in total. The molecule has 0 fully saturated rings. The Bertz CT molecular complexity index is 268. The molecule has 1 atom stereocenters. The summed E-state index contributed by atoms with van der Waals surface area (Å²) in [6.07, 6.45) is 1.53. The number of nitrogens with one attached hydrogen (secondary N) is 1. The molecular formula is C9H13FN2O. The Morgan fingerprint density at radius 1 is 1.69 bits per heavy atom. The first kappa shape index (κ1) is 9.92. The van der Waals surface area contributed by atoms with Gasteiger partial charge in [-0.15, -0.1) is 0 Å². The number of methoxy groups -OCH3 is 1. The molecule has 1 aromatic rings. The summed E-state index contributed by atoms with van der Waals surface area (Å²) in [6.45, 7) is 2.59. The Balaban J connectivity index is 2.45. The number of hydrogen-bond donors (Lipinski definition) is 1. The topological polar surface area (TPSA) is 34.1 Å². The molecule has 0 aliphatic heterocycles. The largest absolute Gasteiger partial charge is 0.382 e. The minimum atomic E-state index is -0.477. The maximum atomic E-state index is 12.6. The lowest BCUT2D eigenvalue weighted by Gasteiger charge is -2.11. The average Bonchev–Trinajstić information content (AvgIpc) is 2.14. The van der Waals surface area contributed by atoms with Crippen LogP contribution in [0.2, 0.25) is 0 Å². The number of aromatic nitrogens is 1. The van der Waals surface area contributed by atoms with Crippen LogP contribution in [-0.2, 0) is 4.74 Å². The van der Waals surface area contributed by atoms with Crippen molar-refractivity contribution in [2.75, 3.05) is 19.0 Å². The van der Waals surface area contributed by atoms with Crippen molar-refractivity contribution in [3.05, 3.63) is 24.3 Å². The van der Waals surface area contributed by atoms with Crippen molar-refractivity contribution < 1.29 is 9.13 Å². The lowest BCUT2D eigenvalue weighted by molar-refractivity contribution is 0.129. The highest BCUT2D eigenvalue weighted by Gasteiger charge is 1.99. The highest BCUT2D eigenvalue weighted by molar-refractivity contribution is 5.41. The Kier molecular flexibility index (Phi) is 3.64. The standard InChI is InChI=1S/C9H13FN2O/c1-7(13-2)6-12-8-3-4-11-9(10)5-8/h3-5,7H,6H2,1-2H3,(H,11,12). The second-order valence-corrected chi connectivity index (χ2v) is 2.79. The van der Waals surface area contributed by atoms with Crippen LogP contribution in [0.4, 0.5) is 10.1 Å². The van der Waals surface area contributed by atoms with E-state index >= 15 is 0 Å². The summed E-state index contributed by atoms with van der Waals surface area (Å²) < 4.78 is 17.6. The minimum Gasteiger partial charge on any atom is -0.382 e. The van der Waals surface area contributed by atoms with Gasteiger partial charge in [0, 0.05) is 31.6 Å². The zero-order valence-electron chi connectivity index (χ0n) is 7.75. The van der Waals surface area contributed by atoms with Crippen molar-refractivity contribution in [2.24, 2.45) is 0 Å². The Labute approximate surface area is 76.9 Å². The normalized spacial score (nSPS) is 12.5. The van der Waals surface area contributed by atoms with Gasteiger partial charge in [0.05, 0.1) is 6.10 Å². The van der Waals surface area contributed by atoms with Crippen molar-refractivity contribution in [3.63, 3.8) is 0 Å². The van der Waals surface area contributed by atoms with Gasteiger partial charge in [0.15, 0.2) is 0 Å². The maximum absolute atomic E-state index is 12.6. The van der Waals surface area contributed by atoms with Gasteiger partial charge in [-0.05, 0) is 13.0 Å². The first-order valence-electron chi connectivity index (χ1n) is 4.10. The second kappa shape index (κ2) is 4.77. The van der Waals surface area contributed by atoms with Gasteiger partial charge in [-0.2, -0.15) is 4.39 Å². The third-order valence-corrected chi connectivity index (χ3v) is 1.72. The molecule has 0 spiro atoms. The van der Waals surface area contributed by atoms with E-state index in [9.17, 15) is 4.39 Å². The van der Waals surface area contributed by atoms with Crippen LogP contribution in [0.1, 0.15) is 6.92 Å². The van der Waals surface area contributed by atoms with Crippen LogP contribution < -0.4 is 5.32 Å². The van der Waals surface area contributed by atoms with Crippen LogP contribution in [-0.4, -0.2) is 24.7 Å². The second-order valence-electron chi connectivity index (χ2n) is 2.79. The molecule has 0 aliphatic rings. The quantitative estimate of drug-likeness (QED) is 0.723. The summed E-state index contributed by atoms with van der Waals surface area (Å²) in [4.78, 5) is 3.45. The molecule has 0 aromatic carbocycles. The van der Waals surface area contributed by atoms with Gasteiger partial charge in [0.25, 0.3) is 0 Å². The highest BCUT2D eigenvalue weighted by Crippen LogP contribution is 2.06. The van der Waals surface area contributed by atoms with Gasteiger partial charge in [0.1, 0.15) is 0 Å². The first-order chi connectivity index (χ1) is 6.22. The van der Waals surface area contributed by atoms with Gasteiger partial charge in [-0.1, -0.05) is 0 Å². The average molecular weight is 184 g/mol. The van der Waals surface area contributed by atoms with Gasteiger partial charge >= 0.3 is 0 Å². The first-order valence-corrected chi connectivity index (χ1v) is 4.10. The maximum Gasteiger partial charge on any atom is 0.214 e. The molecule has 4 heteroatoms. The molecule has 1 heterocycles. The highest BCUT2D eigenvalue weighted by atomic mass is 19.1. The number of anilines is 1. The lowest BCUT2D eigenvalue weighted by atomic mass is 10.3. The van der Waals surface area contributed by atoms with E-state index in [0.29, 0.717) is 6.54 Å². The monoisotopic (exact) mass is 184 g/mol. The molecule has 13 heavy (non-hydrogen) atoms. The molecule has 0 radical (unpaired) electrons. The van der Waals surface area contributed by atoms with E-state index < -0.39 is 5.95 Å². The van der Waals surface area contributed by atoms with E-state index in [1.54, 1.807) is 13.2 Å². The van der Waals surface area contributed by atoms with Crippen molar-refractivity contribution >= 4 is 5.69 Å². The number of halogens is 1. The van der Waals surface area contributed by atoms with Gasteiger partial charge in [-0.3, -0.25) is 0 Å². The third-order valence-electron chi connectivity index (χ3n) is 1.72. The molecule has 1 rings (SSSR count). The minimum absolute atomic E-state index is 0.108. The van der Waals surface area contributed by atoms with Crippen LogP contribution in [0.15, 0.2) is 18.3 Å². The summed E-state index contributed by atoms with van der Waals surface area (Å²) in [5, 5.41) is 3.03. The molecule has 0 saturated heterocycles. The Hall–Kier alpha value is -1.16. The van der Waals surface area contributed by atoms with Crippen molar-refractivity contribution in [1.29, 1.82) is 0 Å². The zero-order valence-corrected chi connectivity index (χ0v) is 7.75. The van der Waals surface area contributed by atoms with E-state index in [4.69, 9.17) is 4.74 Å². The Morgan fingerprint density at radius 2 is 2.46 bits per heavy atom. The van der Waals surface area contributed by atoms with Crippen LogP contribution in [0.25, 0.3) is 0 Å². The van der Waals surface area contributed by atoms with E-state index in [1.165, 1.54) is 12.3 Å². The Morgan fingerprint density at radius 3 is 3.08 bits per heavy atom. The van der Waals surface area contributed by atoms with E-state index in [1.807, 2.05) is 6.92 Å². The fraction of sp³-hybridized carbons (Fsp3) is 0.444. The summed E-state index contributed by atoms with van der Waals surface area (Å²) in [5.74, 6) is -0.477. The number of pyridine rings is 1. The van der Waals surface area contributed by atoms with Crippen molar-refractivity contribution in [2.45, 2.75) is 13.0 Å². The predicted octanol–water partition coefficient (Wildman–Crippen LogP) is 1.67. The SMILES string of the molecule is COC(C)CNc1ccnc(F)c1. The lowest BCUT2D eigenvalue weighted by Crippen LogP contribution is -2.18. The third kappa shape index (κ3) is 3.38. The number of hydrogen-bond acceptors (Lipinski definition) is 3. The zero-order chi connectivity index (χ0) is 9.68.